The summed E-state index contributed by atoms with van der Waals surface area (Å²) in [5.74, 6) is 2.05. The molecule has 2 aromatic carbocycles. The van der Waals surface area contributed by atoms with Gasteiger partial charge in [-0.05, 0) is 99.7 Å². The maximum absolute atomic E-state index is 14.0. The van der Waals surface area contributed by atoms with E-state index in [-0.39, 0.29) is 30.5 Å². The lowest BCUT2D eigenvalue weighted by molar-refractivity contribution is -0.128. The summed E-state index contributed by atoms with van der Waals surface area (Å²) in [6, 6.07) is 12.9. The number of phenols is 1. The van der Waals surface area contributed by atoms with E-state index in [0.29, 0.717) is 37.0 Å². The van der Waals surface area contributed by atoms with Gasteiger partial charge in [-0.25, -0.2) is 14.3 Å². The SMILES string of the molecule is Cc1cc(COC(=O)N2CC[C@@H](n3nc(-c4ccccc4)[nH]c3=O)C[C@@]2(CC=O)N2CCC(C3CCNCC3)CC2)cc(C)c1O. The average molecular weight is 631 g/mol. The lowest BCUT2D eigenvalue weighted by Gasteiger charge is -2.55. The second-order valence-electron chi connectivity index (χ2n) is 13.3. The first-order valence-electron chi connectivity index (χ1n) is 16.7. The predicted octanol–water partition coefficient (Wildman–Crippen LogP) is 4.53. The van der Waals surface area contributed by atoms with Crippen LogP contribution in [0, 0.1) is 25.7 Å². The summed E-state index contributed by atoms with van der Waals surface area (Å²) >= 11 is 0. The molecule has 0 radical (unpaired) electrons. The highest BCUT2D eigenvalue weighted by Crippen LogP contribution is 2.43. The number of aryl methyl sites for hydroxylation is 2. The Labute approximate surface area is 269 Å². The molecule has 11 nitrogen and oxygen atoms in total. The van der Waals surface area contributed by atoms with Crippen LogP contribution in [0.3, 0.4) is 0 Å². The van der Waals surface area contributed by atoms with Crippen LogP contribution in [0.25, 0.3) is 11.4 Å². The molecule has 1 amide bonds. The third-order valence-electron chi connectivity index (χ3n) is 10.5. The third kappa shape index (κ3) is 6.48. The molecule has 11 heteroatoms. The van der Waals surface area contributed by atoms with Crippen molar-refractivity contribution in [2.45, 2.75) is 77.1 Å². The number of H-pyrrole nitrogens is 1. The van der Waals surface area contributed by atoms with Crippen LogP contribution in [-0.4, -0.2) is 80.4 Å². The maximum Gasteiger partial charge on any atom is 0.411 e. The fraction of sp³-hybridized carbons (Fsp3) is 0.543. The Kier molecular flexibility index (Phi) is 9.60. The largest absolute Gasteiger partial charge is 0.507 e. The minimum Gasteiger partial charge on any atom is -0.507 e. The van der Waals surface area contributed by atoms with Crippen LogP contribution in [0.4, 0.5) is 4.79 Å². The number of ether oxygens (including phenoxy) is 1. The van der Waals surface area contributed by atoms with Gasteiger partial charge in [0, 0.05) is 38.0 Å². The zero-order valence-electron chi connectivity index (χ0n) is 26.9. The second-order valence-corrected chi connectivity index (χ2v) is 13.3. The van der Waals surface area contributed by atoms with E-state index in [1.165, 1.54) is 17.5 Å². The van der Waals surface area contributed by atoms with Crippen LogP contribution in [0.1, 0.15) is 67.7 Å². The van der Waals surface area contributed by atoms with Gasteiger partial charge in [0.05, 0.1) is 6.04 Å². The molecule has 3 saturated heterocycles. The minimum absolute atomic E-state index is 0.0505. The quantitative estimate of drug-likeness (QED) is 0.310. The van der Waals surface area contributed by atoms with Gasteiger partial charge < -0.3 is 20.0 Å². The van der Waals surface area contributed by atoms with Crippen LogP contribution in [-0.2, 0) is 16.1 Å². The molecule has 3 aliphatic rings. The van der Waals surface area contributed by atoms with Crippen LogP contribution in [0.15, 0.2) is 47.3 Å². The number of amides is 1. The van der Waals surface area contributed by atoms with Crippen molar-refractivity contribution in [1.29, 1.82) is 0 Å². The Bertz CT molecular complexity index is 1550. The molecule has 6 rings (SSSR count). The zero-order chi connectivity index (χ0) is 32.3. The highest BCUT2D eigenvalue weighted by Gasteiger charge is 2.51. The molecular weight excluding hydrogens is 584 g/mol. The van der Waals surface area contributed by atoms with Gasteiger partial charge in [-0.1, -0.05) is 30.3 Å². The van der Waals surface area contributed by atoms with Crippen molar-refractivity contribution in [1.82, 2.24) is 29.9 Å². The molecule has 2 atom stereocenters. The van der Waals surface area contributed by atoms with Crippen molar-refractivity contribution in [3.63, 3.8) is 0 Å². The molecule has 246 valence electrons. The topological polar surface area (TPSA) is 133 Å². The maximum atomic E-state index is 14.0. The lowest BCUT2D eigenvalue weighted by Crippen LogP contribution is -2.67. The standard InChI is InChI=1S/C35H46N6O5/c1-24-20-26(21-25(2)31(24)43)23-46-34(45)40-18-12-30(41-33(44)37-32(38-41)29-6-4-3-5-7-29)22-35(40,13-19-42)39-16-10-28(11-17-39)27-8-14-36-15-9-27/h3-7,19-21,27-28,30,36,43H,8-18,22-23H2,1-2H3,(H,37,38,44)/t30-,35+/m1/s1. The number of aldehydes is 1. The molecule has 4 heterocycles. The molecule has 1 aromatic heterocycles. The van der Waals surface area contributed by atoms with Crippen molar-refractivity contribution >= 4 is 12.4 Å². The Morgan fingerprint density at radius 1 is 1.02 bits per heavy atom. The molecule has 0 unspecified atom stereocenters. The van der Waals surface area contributed by atoms with E-state index < -0.39 is 11.8 Å². The molecule has 3 fully saturated rings. The normalized spacial score (nSPS) is 23.3. The number of nitrogens with one attached hydrogen (secondary N) is 2. The molecule has 0 saturated carbocycles. The van der Waals surface area contributed by atoms with E-state index in [1.807, 2.05) is 56.3 Å². The van der Waals surface area contributed by atoms with E-state index in [1.54, 1.807) is 4.90 Å². The summed E-state index contributed by atoms with van der Waals surface area (Å²) in [4.78, 5) is 46.6. The fourth-order valence-corrected chi connectivity index (χ4v) is 8.07. The number of hydrogen-bond donors (Lipinski definition) is 3. The van der Waals surface area contributed by atoms with Crippen molar-refractivity contribution in [3.05, 3.63) is 69.6 Å². The predicted molar refractivity (Wildman–Crippen MR) is 174 cm³/mol. The molecule has 46 heavy (non-hydrogen) atoms. The van der Waals surface area contributed by atoms with Crippen LogP contribution in [0.2, 0.25) is 0 Å². The lowest BCUT2D eigenvalue weighted by atomic mass is 9.77. The van der Waals surface area contributed by atoms with Crippen molar-refractivity contribution < 1.29 is 19.4 Å². The van der Waals surface area contributed by atoms with Crippen molar-refractivity contribution in [2.24, 2.45) is 11.8 Å². The molecule has 0 bridgehead atoms. The van der Waals surface area contributed by atoms with Crippen LogP contribution >= 0.6 is 0 Å². The van der Waals surface area contributed by atoms with E-state index in [4.69, 9.17) is 9.84 Å². The third-order valence-corrected chi connectivity index (χ3v) is 10.5. The van der Waals surface area contributed by atoms with E-state index in [2.05, 4.69) is 15.2 Å². The fourth-order valence-electron chi connectivity index (χ4n) is 8.07. The number of phenolic OH excluding ortho intramolecular Hbond substituents is 1. The van der Waals surface area contributed by atoms with Crippen molar-refractivity contribution in [2.75, 3.05) is 32.7 Å². The number of benzene rings is 2. The summed E-state index contributed by atoms with van der Waals surface area (Å²) in [6.07, 6.45) is 5.79. The first-order valence-corrected chi connectivity index (χ1v) is 16.7. The number of carbonyl (C=O) groups excluding carboxylic acids is 2. The number of rotatable bonds is 8. The van der Waals surface area contributed by atoms with E-state index in [9.17, 15) is 19.5 Å². The monoisotopic (exact) mass is 630 g/mol. The molecule has 3 aliphatic heterocycles. The van der Waals surface area contributed by atoms with E-state index >= 15 is 0 Å². The minimum atomic E-state index is -0.951. The van der Waals surface area contributed by atoms with E-state index in [0.717, 1.165) is 67.6 Å². The van der Waals surface area contributed by atoms with Gasteiger partial charge in [-0.3, -0.25) is 14.8 Å². The average Bonchev–Trinajstić information content (AvgIpc) is 3.48. The molecule has 3 aromatic rings. The van der Waals surface area contributed by atoms with Gasteiger partial charge in [0.25, 0.3) is 0 Å². The Morgan fingerprint density at radius 2 is 1.70 bits per heavy atom. The molecule has 3 N–H and O–H groups in total. The van der Waals surface area contributed by atoms with Gasteiger partial charge in [-0.2, -0.15) is 0 Å². The molecule has 0 aliphatic carbocycles. The Balaban J connectivity index is 1.27. The smallest absolute Gasteiger partial charge is 0.411 e. The van der Waals surface area contributed by atoms with Crippen LogP contribution < -0.4 is 11.0 Å². The summed E-state index contributed by atoms with van der Waals surface area (Å²) in [5, 5.41) is 18.4. The number of aromatic nitrogens is 3. The molecule has 0 spiro atoms. The number of hydrogen-bond acceptors (Lipinski definition) is 8. The Morgan fingerprint density at radius 3 is 2.37 bits per heavy atom. The number of aromatic hydroxyl groups is 1. The Hall–Kier alpha value is -3.96. The number of nitrogens with zero attached hydrogens (tertiary/aromatic N) is 4. The second kappa shape index (κ2) is 13.8. The number of carbonyl (C=O) groups is 2. The summed E-state index contributed by atoms with van der Waals surface area (Å²) in [5.41, 5.74) is 1.79. The van der Waals surface area contributed by atoms with Gasteiger partial charge in [0.1, 0.15) is 24.3 Å². The van der Waals surface area contributed by atoms with Gasteiger partial charge >= 0.3 is 11.8 Å². The van der Waals surface area contributed by atoms with Crippen LogP contribution in [0.5, 0.6) is 5.75 Å². The number of piperidine rings is 3. The van der Waals surface area contributed by atoms with Gasteiger partial charge in [-0.15, -0.1) is 5.10 Å². The summed E-state index contributed by atoms with van der Waals surface area (Å²) in [6.45, 7) is 7.66. The summed E-state index contributed by atoms with van der Waals surface area (Å²) in [7, 11) is 0. The highest BCUT2D eigenvalue weighted by atomic mass is 16.6. The first kappa shape index (κ1) is 32.0. The first-order chi connectivity index (χ1) is 22.3. The highest BCUT2D eigenvalue weighted by molar-refractivity contribution is 5.70. The number of likely N-dealkylation sites (tertiary alicyclic amines) is 2. The van der Waals surface area contributed by atoms with Gasteiger partial charge in [0.2, 0.25) is 0 Å². The summed E-state index contributed by atoms with van der Waals surface area (Å²) < 4.78 is 7.43. The van der Waals surface area contributed by atoms with Crippen molar-refractivity contribution in [3.8, 4) is 17.1 Å². The zero-order valence-corrected chi connectivity index (χ0v) is 26.9. The van der Waals surface area contributed by atoms with Gasteiger partial charge in [0.15, 0.2) is 5.82 Å². The molecular formula is C35H46N6O5. The number of aromatic amines is 1.